The first kappa shape index (κ1) is 30.4. The highest BCUT2D eigenvalue weighted by Gasteiger charge is 2.23. The van der Waals surface area contributed by atoms with Gasteiger partial charge in [0.2, 0.25) is 5.95 Å². The van der Waals surface area contributed by atoms with Crippen LogP contribution in [0, 0.1) is 0 Å². The van der Waals surface area contributed by atoms with Crippen LogP contribution in [-0.2, 0) is 10.8 Å². The van der Waals surface area contributed by atoms with Gasteiger partial charge in [-0.25, -0.2) is 9.97 Å². The van der Waals surface area contributed by atoms with Gasteiger partial charge in [-0.15, -0.1) is 0 Å². The van der Waals surface area contributed by atoms with E-state index in [1.165, 1.54) is 44.3 Å². The minimum Gasteiger partial charge on any atom is -0.277 e. The molecule has 0 saturated heterocycles. The molecule has 3 nitrogen and oxygen atoms in total. The normalized spacial score (nSPS) is 12.0. The van der Waals surface area contributed by atoms with Gasteiger partial charge in [0.05, 0.1) is 11.2 Å². The lowest BCUT2D eigenvalue weighted by molar-refractivity contribution is 0.590. The molecular formula is C44H41N3. The van der Waals surface area contributed by atoms with Crippen molar-refractivity contribution in [3.05, 3.63) is 151 Å². The van der Waals surface area contributed by atoms with E-state index in [9.17, 15) is 0 Å². The number of hydrogen-bond acceptors (Lipinski definition) is 2. The first-order chi connectivity index (χ1) is 22.6. The Morgan fingerprint density at radius 3 is 1.30 bits per heavy atom. The summed E-state index contributed by atoms with van der Waals surface area (Å²) in [4.78, 5) is 9.43. The van der Waals surface area contributed by atoms with Crippen molar-refractivity contribution in [3.8, 4) is 50.6 Å². The fraction of sp³-hybridized carbons (Fsp3) is 0.182. The summed E-state index contributed by atoms with van der Waals surface area (Å²) in [5.41, 5.74) is 13.3. The van der Waals surface area contributed by atoms with Gasteiger partial charge in [-0.05, 0) is 67.5 Å². The van der Waals surface area contributed by atoms with Crippen molar-refractivity contribution >= 4 is 10.9 Å². The van der Waals surface area contributed by atoms with Crippen molar-refractivity contribution in [2.45, 2.75) is 52.4 Å². The zero-order chi connectivity index (χ0) is 32.8. The molecule has 3 heteroatoms. The van der Waals surface area contributed by atoms with Crippen molar-refractivity contribution in [3.63, 3.8) is 0 Å². The largest absolute Gasteiger partial charge is 0.277 e. The predicted molar refractivity (Wildman–Crippen MR) is 198 cm³/mol. The van der Waals surface area contributed by atoms with Crippen LogP contribution >= 0.6 is 0 Å². The van der Waals surface area contributed by atoms with Gasteiger partial charge in [0.15, 0.2) is 0 Å². The molecule has 47 heavy (non-hydrogen) atoms. The Kier molecular flexibility index (Phi) is 7.64. The molecule has 232 valence electrons. The van der Waals surface area contributed by atoms with Crippen LogP contribution in [0.15, 0.2) is 140 Å². The molecule has 0 radical (unpaired) electrons. The van der Waals surface area contributed by atoms with E-state index >= 15 is 0 Å². The molecule has 0 N–H and O–H groups in total. The van der Waals surface area contributed by atoms with Crippen LogP contribution in [0.1, 0.15) is 52.7 Å². The molecule has 7 aromatic rings. The third kappa shape index (κ3) is 5.90. The smallest absolute Gasteiger partial charge is 0.234 e. The van der Waals surface area contributed by atoms with Gasteiger partial charge in [0.25, 0.3) is 0 Å². The molecule has 0 aliphatic carbocycles. The van der Waals surface area contributed by atoms with Gasteiger partial charge in [-0.1, -0.05) is 157 Å². The SMILES string of the molecule is CC(C)(C)c1ccc(-c2ccc(-c3c(-c4ccc(-c5ccc(C(C)(C)C)cc5)cc4)n(-c4ncccn4)c4ccccc34)cc2)cc1. The lowest BCUT2D eigenvalue weighted by atomic mass is 9.86. The highest BCUT2D eigenvalue weighted by atomic mass is 15.2. The van der Waals surface area contributed by atoms with Crippen LogP contribution in [0.4, 0.5) is 0 Å². The van der Waals surface area contributed by atoms with E-state index in [1.54, 1.807) is 0 Å². The lowest BCUT2D eigenvalue weighted by Gasteiger charge is -2.19. The van der Waals surface area contributed by atoms with E-state index < -0.39 is 0 Å². The first-order valence-electron chi connectivity index (χ1n) is 16.4. The average molecular weight is 612 g/mol. The fourth-order valence-electron chi connectivity index (χ4n) is 6.40. The van der Waals surface area contributed by atoms with Crippen LogP contribution in [0.2, 0.25) is 0 Å². The highest BCUT2D eigenvalue weighted by molar-refractivity contribution is 6.05. The van der Waals surface area contributed by atoms with Gasteiger partial charge in [-0.3, -0.25) is 4.57 Å². The third-order valence-electron chi connectivity index (χ3n) is 9.13. The molecule has 0 spiro atoms. The summed E-state index contributed by atoms with van der Waals surface area (Å²) < 4.78 is 2.21. The van der Waals surface area contributed by atoms with Crippen molar-refractivity contribution in [1.82, 2.24) is 14.5 Å². The molecule has 2 heterocycles. The second-order valence-electron chi connectivity index (χ2n) is 14.4. The number of nitrogens with zero attached hydrogens (tertiary/aromatic N) is 3. The van der Waals surface area contributed by atoms with Crippen LogP contribution in [-0.4, -0.2) is 14.5 Å². The molecule has 0 unspecified atom stereocenters. The van der Waals surface area contributed by atoms with E-state index in [4.69, 9.17) is 9.97 Å². The Morgan fingerprint density at radius 2 is 0.830 bits per heavy atom. The molecule has 0 amide bonds. The van der Waals surface area contributed by atoms with E-state index in [2.05, 4.69) is 167 Å². The van der Waals surface area contributed by atoms with E-state index in [-0.39, 0.29) is 10.8 Å². The lowest BCUT2D eigenvalue weighted by Crippen LogP contribution is -2.10. The first-order valence-corrected chi connectivity index (χ1v) is 16.4. The number of rotatable bonds is 5. The maximum atomic E-state index is 4.72. The number of para-hydroxylation sites is 1. The molecule has 5 aromatic carbocycles. The Morgan fingerprint density at radius 1 is 0.426 bits per heavy atom. The minimum absolute atomic E-state index is 0.126. The van der Waals surface area contributed by atoms with Crippen molar-refractivity contribution in [1.29, 1.82) is 0 Å². The van der Waals surface area contributed by atoms with Crippen LogP contribution in [0.5, 0.6) is 0 Å². The Balaban J connectivity index is 1.35. The second kappa shape index (κ2) is 11.8. The Bertz CT molecular complexity index is 2140. The zero-order valence-electron chi connectivity index (χ0n) is 28.1. The molecule has 2 aromatic heterocycles. The number of benzene rings is 5. The molecule has 0 fully saturated rings. The highest BCUT2D eigenvalue weighted by Crippen LogP contribution is 2.43. The maximum absolute atomic E-state index is 4.72. The Labute approximate surface area is 278 Å². The van der Waals surface area contributed by atoms with Crippen LogP contribution in [0.3, 0.4) is 0 Å². The van der Waals surface area contributed by atoms with Gasteiger partial charge in [0.1, 0.15) is 0 Å². The summed E-state index contributed by atoms with van der Waals surface area (Å²) in [5.74, 6) is 0.655. The molecule has 0 atom stereocenters. The van der Waals surface area contributed by atoms with Crippen LogP contribution in [0.25, 0.3) is 61.5 Å². The summed E-state index contributed by atoms with van der Waals surface area (Å²) in [6.07, 6.45) is 3.62. The third-order valence-corrected chi connectivity index (χ3v) is 9.13. The van der Waals surface area contributed by atoms with Gasteiger partial charge in [-0.2, -0.15) is 0 Å². The second-order valence-corrected chi connectivity index (χ2v) is 14.4. The van der Waals surface area contributed by atoms with Gasteiger partial charge in [0, 0.05) is 23.3 Å². The molecule has 0 aliphatic heterocycles. The Hall–Kier alpha value is -5.28. The van der Waals surface area contributed by atoms with E-state index in [1.807, 2.05) is 18.5 Å². The van der Waals surface area contributed by atoms with E-state index in [0.717, 1.165) is 22.3 Å². The summed E-state index contributed by atoms with van der Waals surface area (Å²) in [7, 11) is 0. The monoisotopic (exact) mass is 611 g/mol. The summed E-state index contributed by atoms with van der Waals surface area (Å²) in [6, 6.07) is 46.2. The quantitative estimate of drug-likeness (QED) is 0.194. The molecule has 0 saturated carbocycles. The van der Waals surface area contributed by atoms with Crippen molar-refractivity contribution in [2.75, 3.05) is 0 Å². The van der Waals surface area contributed by atoms with E-state index in [0.29, 0.717) is 5.95 Å². The van der Waals surface area contributed by atoms with Crippen LogP contribution < -0.4 is 0 Å². The predicted octanol–water partition coefficient (Wildman–Crippen LogP) is 11.7. The zero-order valence-corrected chi connectivity index (χ0v) is 28.1. The standard InChI is InChI=1S/C44H41N3/c1-43(2,3)36-24-20-32(21-25-36)30-12-16-34(17-13-30)40-38-10-7-8-11-39(38)47(42-45-28-9-29-46-42)41(40)35-18-14-31(15-19-35)33-22-26-37(27-23-33)44(4,5)6/h7-29H,1-6H3. The minimum atomic E-state index is 0.126. The van der Waals surface area contributed by atoms with Crippen molar-refractivity contribution < 1.29 is 0 Å². The molecule has 0 bridgehead atoms. The summed E-state index contributed by atoms with van der Waals surface area (Å²) in [5, 5.41) is 1.17. The topological polar surface area (TPSA) is 30.7 Å². The summed E-state index contributed by atoms with van der Waals surface area (Å²) >= 11 is 0. The molecule has 0 aliphatic rings. The van der Waals surface area contributed by atoms with Gasteiger partial charge >= 0.3 is 0 Å². The number of hydrogen-bond donors (Lipinski definition) is 0. The maximum Gasteiger partial charge on any atom is 0.234 e. The number of aromatic nitrogens is 3. The molecule has 7 rings (SSSR count). The molecular weight excluding hydrogens is 571 g/mol. The fourth-order valence-corrected chi connectivity index (χ4v) is 6.40. The van der Waals surface area contributed by atoms with Gasteiger partial charge < -0.3 is 0 Å². The number of fused-ring (bicyclic) bond motifs is 1. The summed E-state index contributed by atoms with van der Waals surface area (Å²) in [6.45, 7) is 13.5. The van der Waals surface area contributed by atoms with Crippen molar-refractivity contribution in [2.24, 2.45) is 0 Å². The average Bonchev–Trinajstić information content (AvgIpc) is 3.43.